The van der Waals surface area contributed by atoms with Gasteiger partial charge in [-0.1, -0.05) is 0 Å². The molecule has 3 nitrogen and oxygen atoms in total. The lowest BCUT2D eigenvalue weighted by atomic mass is 9.87. The normalized spacial score (nSPS) is 55.8. The van der Waals surface area contributed by atoms with Gasteiger partial charge in [-0.2, -0.15) is 0 Å². The van der Waals surface area contributed by atoms with Crippen LogP contribution < -0.4 is 5.32 Å². The number of nitrogens with zero attached hydrogens (tertiary/aromatic N) is 1. The van der Waals surface area contributed by atoms with Crippen molar-refractivity contribution in [3.8, 4) is 0 Å². The third-order valence-electron chi connectivity index (χ3n) is 4.12. The van der Waals surface area contributed by atoms with E-state index in [1.54, 1.807) is 0 Å². The molecule has 2 aliphatic heterocycles. The van der Waals surface area contributed by atoms with Crippen molar-refractivity contribution in [2.45, 2.75) is 30.8 Å². The van der Waals surface area contributed by atoms with E-state index in [0.717, 1.165) is 24.9 Å². The quantitative estimate of drug-likeness (QED) is 0.512. The van der Waals surface area contributed by atoms with Gasteiger partial charge in [0, 0.05) is 24.5 Å². The summed E-state index contributed by atoms with van der Waals surface area (Å²) in [6.45, 7) is 0.916. The molecule has 2 heterocycles. The first-order valence-corrected chi connectivity index (χ1v) is 4.75. The summed E-state index contributed by atoms with van der Waals surface area (Å²) in [6.07, 6.45) is 3.37. The van der Waals surface area contributed by atoms with Gasteiger partial charge in [-0.05, 0) is 25.8 Å². The summed E-state index contributed by atoms with van der Waals surface area (Å²) in [6, 6.07) is 0.730. The molecular weight excluding hydrogens is 152 g/mol. The van der Waals surface area contributed by atoms with E-state index in [4.69, 9.17) is 0 Å². The fraction of sp³-hybridized carbons (Fsp3) is 0.889. The molecule has 3 rings (SSSR count). The van der Waals surface area contributed by atoms with Crippen molar-refractivity contribution in [1.82, 2.24) is 10.2 Å². The maximum atomic E-state index is 11.2. The molecule has 0 aromatic carbocycles. The van der Waals surface area contributed by atoms with Crippen LogP contribution in [0.3, 0.4) is 0 Å². The van der Waals surface area contributed by atoms with Gasteiger partial charge in [0.05, 0.1) is 0 Å². The number of carbonyl (C=O) groups excluding carboxylic acids is 1. The van der Waals surface area contributed by atoms with Crippen LogP contribution in [-0.2, 0) is 4.79 Å². The zero-order valence-corrected chi connectivity index (χ0v) is 7.34. The lowest BCUT2D eigenvalue weighted by molar-refractivity contribution is -0.124. The van der Waals surface area contributed by atoms with E-state index in [9.17, 15) is 4.79 Å². The average Bonchev–Trinajstić information content (AvgIpc) is 2.44. The number of piperidine rings is 2. The minimum atomic E-state index is 0.252. The van der Waals surface area contributed by atoms with Crippen molar-refractivity contribution in [2.24, 2.45) is 5.92 Å². The van der Waals surface area contributed by atoms with Crippen molar-refractivity contribution in [3.05, 3.63) is 0 Å². The third kappa shape index (κ3) is 0.565. The molecule has 3 fully saturated rings. The number of hydrogen-bond acceptors (Lipinski definition) is 2. The van der Waals surface area contributed by atoms with Gasteiger partial charge in [0.1, 0.15) is 0 Å². The molecule has 1 amide bonds. The maximum Gasteiger partial charge on any atom is 0.221 e. The van der Waals surface area contributed by atoms with Gasteiger partial charge < -0.3 is 5.32 Å². The molecule has 66 valence electrons. The Bertz CT molecular complexity index is 253. The van der Waals surface area contributed by atoms with Crippen molar-refractivity contribution in [1.29, 1.82) is 0 Å². The van der Waals surface area contributed by atoms with Crippen LogP contribution in [0.2, 0.25) is 0 Å². The molecule has 1 aliphatic carbocycles. The smallest absolute Gasteiger partial charge is 0.221 e. The predicted octanol–water partition coefficient (Wildman–Crippen LogP) is -0.0309. The Morgan fingerprint density at radius 2 is 2.42 bits per heavy atom. The van der Waals surface area contributed by atoms with E-state index in [1.807, 2.05) is 0 Å². The monoisotopic (exact) mass is 166 g/mol. The first-order valence-electron chi connectivity index (χ1n) is 4.75. The van der Waals surface area contributed by atoms with Gasteiger partial charge in [-0.25, -0.2) is 0 Å². The zero-order chi connectivity index (χ0) is 8.34. The van der Waals surface area contributed by atoms with E-state index in [2.05, 4.69) is 17.3 Å². The molecule has 12 heavy (non-hydrogen) atoms. The summed E-state index contributed by atoms with van der Waals surface area (Å²) in [7, 11) is 2.16. The summed E-state index contributed by atoms with van der Waals surface area (Å²) in [5.74, 6) is 0.993. The second kappa shape index (κ2) is 1.84. The number of nitrogens with one attached hydrogen (secondary N) is 1. The van der Waals surface area contributed by atoms with Crippen LogP contribution in [0.5, 0.6) is 0 Å². The molecule has 4 unspecified atom stereocenters. The number of hydrogen-bond donors (Lipinski definition) is 1. The summed E-state index contributed by atoms with van der Waals surface area (Å²) >= 11 is 0. The van der Waals surface area contributed by atoms with Gasteiger partial charge in [0.2, 0.25) is 5.91 Å². The number of likely N-dealkylation sites (N-methyl/N-ethyl adjacent to an activating group) is 1. The predicted molar refractivity (Wildman–Crippen MR) is 44.6 cm³/mol. The summed E-state index contributed by atoms with van der Waals surface area (Å²) in [5.41, 5.74) is 0.308. The molecule has 3 heteroatoms. The van der Waals surface area contributed by atoms with E-state index in [1.165, 1.54) is 12.8 Å². The molecule has 0 aromatic heterocycles. The Hall–Kier alpha value is -0.570. The van der Waals surface area contributed by atoms with Crippen molar-refractivity contribution in [2.75, 3.05) is 13.6 Å². The Labute approximate surface area is 72.1 Å². The molecule has 3 aliphatic rings. The van der Waals surface area contributed by atoms with E-state index >= 15 is 0 Å². The van der Waals surface area contributed by atoms with E-state index in [-0.39, 0.29) is 5.91 Å². The number of likely N-dealkylation sites (tertiary alicyclic amines) is 1. The van der Waals surface area contributed by atoms with Crippen LogP contribution in [0, 0.1) is 5.92 Å². The first-order chi connectivity index (χ1) is 5.75. The molecule has 0 bridgehead atoms. The molecule has 1 saturated carbocycles. The van der Waals surface area contributed by atoms with Crippen LogP contribution in [-0.4, -0.2) is 36.0 Å². The lowest BCUT2D eigenvalue weighted by Crippen LogP contribution is -2.46. The third-order valence-corrected chi connectivity index (χ3v) is 4.12. The fourth-order valence-corrected chi connectivity index (χ4v) is 3.40. The van der Waals surface area contributed by atoms with Gasteiger partial charge >= 0.3 is 0 Å². The first kappa shape index (κ1) is 6.89. The van der Waals surface area contributed by atoms with Gasteiger partial charge in [0.15, 0.2) is 0 Å². The van der Waals surface area contributed by atoms with Gasteiger partial charge in [0.25, 0.3) is 0 Å². The average molecular weight is 166 g/mol. The fourth-order valence-electron chi connectivity index (χ4n) is 3.40. The van der Waals surface area contributed by atoms with Gasteiger partial charge in [-0.3, -0.25) is 9.69 Å². The highest BCUT2D eigenvalue weighted by Gasteiger charge is 2.69. The zero-order valence-electron chi connectivity index (χ0n) is 7.34. The largest absolute Gasteiger partial charge is 0.356 e. The van der Waals surface area contributed by atoms with Gasteiger partial charge in [-0.15, -0.1) is 0 Å². The highest BCUT2D eigenvalue weighted by Crippen LogP contribution is 2.58. The maximum absolute atomic E-state index is 11.2. The SMILES string of the molecule is CN1C2CCC3CNC(=O)CC321. The standard InChI is InChI=1S/C9H14N2O/c1-11-7-3-2-6-5-10-8(12)4-9(6,7)11/h6-7H,2-5H2,1H3,(H,10,12). The minimum Gasteiger partial charge on any atom is -0.356 e. The van der Waals surface area contributed by atoms with Crippen LogP contribution in [0.4, 0.5) is 0 Å². The molecule has 1 N–H and O–H groups in total. The second-order valence-electron chi connectivity index (χ2n) is 4.37. The summed E-state index contributed by atoms with van der Waals surface area (Å²) in [5, 5.41) is 2.96. The van der Waals surface area contributed by atoms with Crippen LogP contribution >= 0.6 is 0 Å². The van der Waals surface area contributed by atoms with Crippen molar-refractivity contribution in [3.63, 3.8) is 0 Å². The molecule has 0 radical (unpaired) electrons. The molecule has 2 saturated heterocycles. The molecule has 0 aromatic rings. The highest BCUT2D eigenvalue weighted by molar-refractivity contribution is 5.79. The Morgan fingerprint density at radius 1 is 1.58 bits per heavy atom. The summed E-state index contributed by atoms with van der Waals surface area (Å²) in [4.78, 5) is 13.6. The minimum absolute atomic E-state index is 0.252. The number of amides is 1. The number of carbonyl (C=O) groups is 1. The number of rotatable bonds is 0. The van der Waals surface area contributed by atoms with E-state index in [0.29, 0.717) is 5.54 Å². The Balaban J connectivity index is 1.93. The summed E-state index contributed by atoms with van der Waals surface area (Å²) < 4.78 is 0. The molecule has 4 atom stereocenters. The van der Waals surface area contributed by atoms with Crippen LogP contribution in [0.1, 0.15) is 19.3 Å². The Morgan fingerprint density at radius 3 is 3.17 bits per heavy atom. The second-order valence-corrected chi connectivity index (χ2v) is 4.37. The molecular formula is C9H14N2O. The van der Waals surface area contributed by atoms with Crippen LogP contribution in [0.25, 0.3) is 0 Å². The van der Waals surface area contributed by atoms with Crippen LogP contribution in [0.15, 0.2) is 0 Å². The molecule has 1 spiro atoms. The lowest BCUT2D eigenvalue weighted by Gasteiger charge is -2.29. The Kier molecular flexibility index (Phi) is 1.06. The van der Waals surface area contributed by atoms with Crippen molar-refractivity contribution < 1.29 is 4.79 Å². The van der Waals surface area contributed by atoms with Crippen molar-refractivity contribution >= 4 is 5.91 Å². The topological polar surface area (TPSA) is 32.1 Å². The van der Waals surface area contributed by atoms with E-state index < -0.39 is 0 Å². The highest BCUT2D eigenvalue weighted by atomic mass is 16.1.